The molecule has 0 radical (unpaired) electrons. The lowest BCUT2D eigenvalue weighted by Gasteiger charge is -2.42. The van der Waals surface area contributed by atoms with Crippen molar-refractivity contribution in [3.05, 3.63) is 77.4 Å². The molecule has 3 nitrogen and oxygen atoms in total. The van der Waals surface area contributed by atoms with E-state index in [-0.39, 0.29) is 6.04 Å². The predicted molar refractivity (Wildman–Crippen MR) is 150 cm³/mol. The number of allylic oxidation sites excluding steroid dienone is 1. The molecule has 0 bridgehead atoms. The maximum absolute atomic E-state index is 13.0. The molecule has 2 atom stereocenters. The van der Waals surface area contributed by atoms with Crippen LogP contribution in [0.1, 0.15) is 78.5 Å². The minimum absolute atomic E-state index is 0.111. The zero-order valence-corrected chi connectivity index (χ0v) is 24.2. The first-order valence-electron chi connectivity index (χ1n) is 12.7. The lowest BCUT2D eigenvalue weighted by Crippen LogP contribution is -2.47. The summed E-state index contributed by atoms with van der Waals surface area (Å²) in [5, 5.41) is 0. The Morgan fingerprint density at radius 3 is 2.03 bits per heavy atom. The highest BCUT2D eigenvalue weighted by Crippen LogP contribution is 2.42. The molecule has 5 heteroatoms. The van der Waals surface area contributed by atoms with Crippen molar-refractivity contribution in [2.45, 2.75) is 95.8 Å². The van der Waals surface area contributed by atoms with E-state index in [1.54, 1.807) is 0 Å². The third-order valence-electron chi connectivity index (χ3n) is 6.85. The Morgan fingerprint density at radius 1 is 0.941 bits per heavy atom. The Kier molecular flexibility index (Phi) is 11.4. The van der Waals surface area contributed by atoms with Crippen molar-refractivity contribution in [1.29, 1.82) is 0 Å². The van der Waals surface area contributed by atoms with Gasteiger partial charge in [-0.2, -0.15) is 0 Å². The van der Waals surface area contributed by atoms with Crippen molar-refractivity contribution >= 4 is 19.3 Å². The van der Waals surface area contributed by atoms with Gasteiger partial charge in [0, 0.05) is 6.61 Å². The van der Waals surface area contributed by atoms with Gasteiger partial charge in [-0.15, -0.1) is 0 Å². The molecule has 188 valence electrons. The molecule has 0 heterocycles. The summed E-state index contributed by atoms with van der Waals surface area (Å²) in [7, 11) is -3.11. The van der Waals surface area contributed by atoms with Gasteiger partial charge in [-0.1, -0.05) is 101 Å². The van der Waals surface area contributed by atoms with Gasteiger partial charge in [-0.05, 0) is 61.0 Å². The van der Waals surface area contributed by atoms with Crippen LogP contribution in [0, 0.1) is 6.92 Å². The van der Waals surface area contributed by atoms with E-state index in [1.165, 1.54) is 5.57 Å². The average Bonchev–Trinajstić information content (AvgIpc) is 2.78. The maximum atomic E-state index is 13.0. The number of hydrogen-bond acceptors (Lipinski definition) is 2. The molecule has 0 fully saturated rings. The Bertz CT molecular complexity index is 901. The zero-order valence-electron chi connectivity index (χ0n) is 22.4. The van der Waals surface area contributed by atoms with Crippen LogP contribution in [0.5, 0.6) is 0 Å². The van der Waals surface area contributed by atoms with Crippen LogP contribution in [-0.4, -0.2) is 19.1 Å². The largest absolute Gasteiger partial charge is 0.416 e. The second-order valence-electron chi connectivity index (χ2n) is 10.4. The molecule has 0 aliphatic heterocycles. The van der Waals surface area contributed by atoms with Crippen LogP contribution in [0.4, 0.5) is 0 Å². The fraction of sp³-hybridized carbons (Fsp3) is 0.517. The molecule has 0 aliphatic rings. The van der Waals surface area contributed by atoms with E-state index in [0.717, 1.165) is 35.5 Å². The van der Waals surface area contributed by atoms with Crippen LogP contribution in [-0.2, 0) is 15.4 Å². The lowest BCUT2D eigenvalue weighted by atomic mass is 10.0. The summed E-state index contributed by atoms with van der Waals surface area (Å²) in [5.74, 6) is 0. The van der Waals surface area contributed by atoms with E-state index in [4.69, 9.17) is 4.43 Å². The number of hydrogen-bond donors (Lipinski definition) is 1. The lowest BCUT2D eigenvalue weighted by molar-refractivity contribution is 0.272. The molecule has 2 rings (SSSR count). The first-order chi connectivity index (χ1) is 16.1. The van der Waals surface area contributed by atoms with E-state index in [2.05, 4.69) is 71.4 Å². The average molecular weight is 500 g/mol. The van der Waals surface area contributed by atoms with Crippen molar-refractivity contribution in [2.24, 2.45) is 0 Å². The Morgan fingerprint density at radius 2 is 1.50 bits per heavy atom. The van der Waals surface area contributed by atoms with Crippen LogP contribution < -0.4 is 4.72 Å². The van der Waals surface area contributed by atoms with Gasteiger partial charge in [0.2, 0.25) is 0 Å². The highest BCUT2D eigenvalue weighted by Gasteiger charge is 2.44. The first-order valence-corrected chi connectivity index (χ1v) is 16.0. The van der Waals surface area contributed by atoms with Gasteiger partial charge in [0.1, 0.15) is 11.0 Å². The summed E-state index contributed by atoms with van der Waals surface area (Å²) in [6.07, 6.45) is 4.20. The second-order valence-corrected chi connectivity index (χ2v) is 17.1. The summed E-state index contributed by atoms with van der Waals surface area (Å²) in [5.41, 5.74) is 5.38. The van der Waals surface area contributed by atoms with Gasteiger partial charge >= 0.3 is 0 Å². The molecule has 0 saturated heterocycles. The van der Waals surface area contributed by atoms with Gasteiger partial charge in [-0.3, -0.25) is 0 Å². The van der Waals surface area contributed by atoms with Crippen LogP contribution >= 0.6 is 0 Å². The number of benzene rings is 2. The van der Waals surface area contributed by atoms with Crippen LogP contribution in [0.25, 0.3) is 0 Å². The van der Waals surface area contributed by atoms with Crippen LogP contribution in [0.3, 0.4) is 0 Å². The van der Waals surface area contributed by atoms with E-state index >= 15 is 0 Å². The molecule has 0 spiro atoms. The Labute approximate surface area is 212 Å². The van der Waals surface area contributed by atoms with Crippen molar-refractivity contribution in [2.75, 3.05) is 6.61 Å². The molecule has 1 N–H and O–H groups in total. The molecule has 2 aromatic carbocycles. The smallest absolute Gasteiger partial charge is 0.200 e. The van der Waals surface area contributed by atoms with E-state index in [0.29, 0.717) is 16.6 Å². The zero-order chi connectivity index (χ0) is 25.3. The van der Waals surface area contributed by atoms with Crippen LogP contribution in [0.2, 0.25) is 16.6 Å². The number of rotatable bonds is 13. The minimum atomic E-state index is -1.82. The number of nitrogens with one attached hydrogen (secondary N) is 1. The molecule has 0 aromatic heterocycles. The van der Waals surface area contributed by atoms with E-state index < -0.39 is 19.3 Å². The molecule has 2 aromatic rings. The summed E-state index contributed by atoms with van der Waals surface area (Å²) in [6.45, 7) is 19.0. The van der Waals surface area contributed by atoms with Gasteiger partial charge < -0.3 is 4.43 Å². The summed E-state index contributed by atoms with van der Waals surface area (Å²) < 4.78 is 23.1. The molecule has 0 amide bonds. The normalized spacial score (nSPS) is 14.7. The third kappa shape index (κ3) is 7.74. The van der Waals surface area contributed by atoms with Crippen LogP contribution in [0.15, 0.2) is 71.1 Å². The Balaban J connectivity index is 2.08. The predicted octanol–water partition coefficient (Wildman–Crippen LogP) is 8.27. The molecular formula is C29H45NO2SSi. The topological polar surface area (TPSA) is 38.3 Å². The second kappa shape index (κ2) is 13.5. The first kappa shape index (κ1) is 28.7. The standard InChI is InChI=1S/C29H45NO2SSi/c1-22(2)34(23(3)4,24(5)6)32-20-12-13-26(8)21-29(27-14-10-9-11-15-27)30-33(31)28-18-16-25(7)17-19-28/h9-11,14-19,21-24,29-30H,12-13,20H2,1-8H3/b26-21+. The van der Waals surface area contributed by atoms with Gasteiger partial charge in [0.05, 0.1) is 10.9 Å². The van der Waals surface area contributed by atoms with Crippen molar-refractivity contribution in [1.82, 2.24) is 4.72 Å². The highest BCUT2D eigenvalue weighted by atomic mass is 32.2. The molecule has 2 unspecified atom stereocenters. The monoisotopic (exact) mass is 499 g/mol. The Hall–Kier alpha value is -1.53. The molecule has 0 saturated carbocycles. The van der Waals surface area contributed by atoms with E-state index in [9.17, 15) is 4.21 Å². The van der Waals surface area contributed by atoms with Gasteiger partial charge in [-0.25, -0.2) is 8.93 Å². The SMILES string of the molecule is C/C(=C\C(NS(=O)c1ccc(C)cc1)c1ccccc1)CCCO[Si](C(C)C)(C(C)C)C(C)C. The summed E-state index contributed by atoms with van der Waals surface area (Å²) in [6, 6.07) is 18.0. The molecule has 0 aliphatic carbocycles. The number of aryl methyl sites for hydroxylation is 1. The van der Waals surface area contributed by atoms with Crippen molar-refractivity contribution < 1.29 is 8.63 Å². The van der Waals surface area contributed by atoms with Crippen molar-refractivity contribution in [3.63, 3.8) is 0 Å². The fourth-order valence-corrected chi connectivity index (χ4v) is 11.6. The molecule has 34 heavy (non-hydrogen) atoms. The van der Waals surface area contributed by atoms with E-state index in [1.807, 2.05) is 49.4 Å². The third-order valence-corrected chi connectivity index (χ3v) is 14.1. The molecular weight excluding hydrogens is 454 g/mol. The maximum Gasteiger partial charge on any atom is 0.200 e. The van der Waals surface area contributed by atoms with Gasteiger partial charge in [0.25, 0.3) is 0 Å². The minimum Gasteiger partial charge on any atom is -0.416 e. The fourth-order valence-electron chi connectivity index (χ4n) is 5.17. The summed E-state index contributed by atoms with van der Waals surface area (Å²) >= 11 is 0. The summed E-state index contributed by atoms with van der Waals surface area (Å²) in [4.78, 5) is 0.795. The van der Waals surface area contributed by atoms with Gasteiger partial charge in [0.15, 0.2) is 8.32 Å². The highest BCUT2D eigenvalue weighted by molar-refractivity contribution is 7.83. The van der Waals surface area contributed by atoms with Crippen molar-refractivity contribution in [3.8, 4) is 0 Å². The quantitative estimate of drug-likeness (QED) is 0.171.